The number of aryl methyl sites for hydroxylation is 1. The van der Waals surface area contributed by atoms with Crippen molar-refractivity contribution in [1.82, 2.24) is 25.1 Å². The maximum absolute atomic E-state index is 5.75. The van der Waals surface area contributed by atoms with Crippen LogP contribution >= 0.6 is 23.1 Å². The molecule has 6 nitrogen and oxygen atoms in total. The summed E-state index contributed by atoms with van der Waals surface area (Å²) < 4.78 is 5.75. The van der Waals surface area contributed by atoms with Crippen LogP contribution in [0.3, 0.4) is 0 Å². The molecular formula is C17H21N5OS2. The lowest BCUT2D eigenvalue weighted by atomic mass is 10.1. The van der Waals surface area contributed by atoms with Gasteiger partial charge in [-0.1, -0.05) is 27.7 Å². The first kappa shape index (κ1) is 18.0. The van der Waals surface area contributed by atoms with Gasteiger partial charge in [0, 0.05) is 17.0 Å². The summed E-state index contributed by atoms with van der Waals surface area (Å²) in [6, 6.07) is 1.99. The summed E-state index contributed by atoms with van der Waals surface area (Å²) in [5.41, 5.74) is 1.98. The number of nitrogens with zero attached hydrogens (tertiary/aromatic N) is 5. The third-order valence-electron chi connectivity index (χ3n) is 3.49. The average Bonchev–Trinajstić information content (AvgIpc) is 3.16. The number of rotatable bonds is 6. The van der Waals surface area contributed by atoms with Crippen LogP contribution in [0, 0.1) is 6.92 Å². The molecule has 0 unspecified atom stereocenters. The second kappa shape index (κ2) is 7.61. The standard InChI is InChI=1S/C17H21N5OS2/c1-9(2)13-7-15(20-16(19-13)10(3)4)25-17-22-21-14(23-17)6-12-8-24-11(5)18-12/h7-10H,6H2,1-5H3. The molecule has 0 aromatic carbocycles. The first-order chi connectivity index (χ1) is 11.9. The molecule has 3 heterocycles. The topological polar surface area (TPSA) is 77.6 Å². The predicted octanol–water partition coefficient (Wildman–Crippen LogP) is 4.61. The SMILES string of the molecule is Cc1nc(Cc2nnc(Sc3cc(C(C)C)nc(C(C)C)n3)o2)cs1. The molecule has 0 amide bonds. The normalized spacial score (nSPS) is 11.6. The van der Waals surface area contributed by atoms with Crippen molar-refractivity contribution in [3.63, 3.8) is 0 Å². The lowest BCUT2D eigenvalue weighted by molar-refractivity contribution is 0.419. The van der Waals surface area contributed by atoms with Gasteiger partial charge in [0.05, 0.1) is 17.1 Å². The highest BCUT2D eigenvalue weighted by atomic mass is 32.2. The average molecular weight is 376 g/mol. The first-order valence-electron chi connectivity index (χ1n) is 8.21. The molecule has 132 valence electrons. The fourth-order valence-electron chi connectivity index (χ4n) is 2.15. The third-order valence-corrected chi connectivity index (χ3v) is 5.07. The minimum Gasteiger partial charge on any atom is -0.415 e. The Morgan fingerprint density at radius 3 is 2.52 bits per heavy atom. The van der Waals surface area contributed by atoms with E-state index >= 15 is 0 Å². The Balaban J connectivity index is 1.78. The van der Waals surface area contributed by atoms with Crippen LogP contribution < -0.4 is 0 Å². The van der Waals surface area contributed by atoms with Crippen molar-refractivity contribution in [2.45, 2.75) is 63.1 Å². The Kier molecular flexibility index (Phi) is 5.48. The molecule has 0 aliphatic rings. The van der Waals surface area contributed by atoms with Crippen molar-refractivity contribution < 1.29 is 4.42 Å². The highest BCUT2D eigenvalue weighted by molar-refractivity contribution is 7.99. The van der Waals surface area contributed by atoms with Crippen molar-refractivity contribution in [2.24, 2.45) is 0 Å². The zero-order valence-corrected chi connectivity index (χ0v) is 16.6. The van der Waals surface area contributed by atoms with Gasteiger partial charge in [-0.15, -0.1) is 21.5 Å². The summed E-state index contributed by atoms with van der Waals surface area (Å²) in [7, 11) is 0. The number of hydrogen-bond donors (Lipinski definition) is 0. The molecule has 8 heteroatoms. The summed E-state index contributed by atoms with van der Waals surface area (Å²) >= 11 is 3.00. The zero-order valence-electron chi connectivity index (χ0n) is 15.0. The third kappa shape index (κ3) is 4.64. The largest absolute Gasteiger partial charge is 0.415 e. The van der Waals surface area contributed by atoms with Gasteiger partial charge in [0.15, 0.2) is 0 Å². The molecule has 3 rings (SSSR count). The maximum atomic E-state index is 5.75. The van der Waals surface area contributed by atoms with Gasteiger partial charge in [0.25, 0.3) is 5.22 Å². The summed E-state index contributed by atoms with van der Waals surface area (Å²) in [6.45, 7) is 10.4. The van der Waals surface area contributed by atoms with Crippen LogP contribution in [0.4, 0.5) is 0 Å². The first-order valence-corrected chi connectivity index (χ1v) is 9.90. The van der Waals surface area contributed by atoms with E-state index in [2.05, 4.69) is 52.8 Å². The van der Waals surface area contributed by atoms with Crippen molar-refractivity contribution in [1.29, 1.82) is 0 Å². The fraction of sp³-hybridized carbons (Fsp3) is 0.471. The van der Waals surface area contributed by atoms with Crippen molar-refractivity contribution in [2.75, 3.05) is 0 Å². The quantitative estimate of drug-likeness (QED) is 0.582. The molecule has 0 saturated heterocycles. The predicted molar refractivity (Wildman–Crippen MR) is 98.3 cm³/mol. The number of hydrogen-bond acceptors (Lipinski definition) is 8. The van der Waals surface area contributed by atoms with E-state index in [4.69, 9.17) is 4.42 Å². The van der Waals surface area contributed by atoms with Crippen molar-refractivity contribution >= 4 is 23.1 Å². The Bertz CT molecular complexity index is 830. The molecule has 0 aliphatic heterocycles. The van der Waals surface area contributed by atoms with Crippen LogP contribution in [0.1, 0.15) is 67.6 Å². The Morgan fingerprint density at radius 2 is 1.88 bits per heavy atom. The second-order valence-corrected chi connectivity index (χ2v) is 8.43. The van der Waals surface area contributed by atoms with E-state index in [1.54, 1.807) is 11.3 Å². The molecule has 0 N–H and O–H groups in total. The molecule has 0 fully saturated rings. The molecule has 0 atom stereocenters. The van der Waals surface area contributed by atoms with Gasteiger partial charge in [0.2, 0.25) is 5.89 Å². The van der Waals surface area contributed by atoms with Crippen LogP contribution in [-0.2, 0) is 6.42 Å². The molecule has 0 saturated carbocycles. The van der Waals surface area contributed by atoms with E-state index in [1.165, 1.54) is 11.8 Å². The Labute approximate surface area is 155 Å². The summed E-state index contributed by atoms with van der Waals surface area (Å²) in [6.07, 6.45) is 0.552. The van der Waals surface area contributed by atoms with Crippen LogP contribution in [0.5, 0.6) is 0 Å². The van der Waals surface area contributed by atoms with E-state index in [-0.39, 0.29) is 5.92 Å². The monoisotopic (exact) mass is 375 g/mol. The van der Waals surface area contributed by atoms with Crippen LogP contribution in [0.2, 0.25) is 0 Å². The smallest absolute Gasteiger partial charge is 0.282 e. The van der Waals surface area contributed by atoms with Gasteiger partial charge < -0.3 is 4.42 Å². The molecular weight excluding hydrogens is 354 g/mol. The van der Waals surface area contributed by atoms with E-state index in [9.17, 15) is 0 Å². The second-order valence-electron chi connectivity index (χ2n) is 6.40. The molecule has 0 bridgehead atoms. The van der Waals surface area contributed by atoms with E-state index in [0.717, 1.165) is 27.2 Å². The lowest BCUT2D eigenvalue weighted by Gasteiger charge is -2.10. The molecule has 25 heavy (non-hydrogen) atoms. The molecule has 0 spiro atoms. The molecule has 3 aromatic heterocycles. The summed E-state index contributed by atoms with van der Waals surface area (Å²) in [5.74, 6) is 2.01. The van der Waals surface area contributed by atoms with Gasteiger partial charge >= 0.3 is 0 Å². The lowest BCUT2D eigenvalue weighted by Crippen LogP contribution is -2.03. The van der Waals surface area contributed by atoms with Crippen molar-refractivity contribution in [3.05, 3.63) is 39.6 Å². The van der Waals surface area contributed by atoms with Gasteiger partial charge in [0.1, 0.15) is 10.9 Å². The Morgan fingerprint density at radius 1 is 1.08 bits per heavy atom. The van der Waals surface area contributed by atoms with Crippen LogP contribution in [0.25, 0.3) is 0 Å². The molecule has 0 radical (unpaired) electrons. The van der Waals surface area contributed by atoms with Crippen LogP contribution in [-0.4, -0.2) is 25.1 Å². The summed E-state index contributed by atoms with van der Waals surface area (Å²) in [4.78, 5) is 13.7. The fourth-order valence-corrected chi connectivity index (χ4v) is 3.48. The van der Waals surface area contributed by atoms with Gasteiger partial charge in [-0.3, -0.25) is 0 Å². The highest BCUT2D eigenvalue weighted by Gasteiger charge is 2.15. The van der Waals surface area contributed by atoms with Gasteiger partial charge in [-0.2, -0.15) is 0 Å². The minimum atomic E-state index is 0.268. The maximum Gasteiger partial charge on any atom is 0.282 e. The van der Waals surface area contributed by atoms with Gasteiger partial charge in [-0.25, -0.2) is 15.0 Å². The van der Waals surface area contributed by atoms with E-state index in [0.29, 0.717) is 23.5 Å². The van der Waals surface area contributed by atoms with Crippen LogP contribution in [0.15, 0.2) is 26.1 Å². The minimum absolute atomic E-state index is 0.268. The van der Waals surface area contributed by atoms with E-state index in [1.807, 2.05) is 18.4 Å². The summed E-state index contributed by atoms with van der Waals surface area (Å²) in [5, 5.41) is 12.6. The Hall–Kier alpha value is -1.80. The number of thiazole rings is 1. The molecule has 0 aliphatic carbocycles. The van der Waals surface area contributed by atoms with Gasteiger partial charge in [-0.05, 0) is 30.7 Å². The zero-order chi connectivity index (χ0) is 18.0. The highest BCUT2D eigenvalue weighted by Crippen LogP contribution is 2.28. The number of aromatic nitrogens is 5. The molecule has 3 aromatic rings. The van der Waals surface area contributed by atoms with E-state index < -0.39 is 0 Å². The van der Waals surface area contributed by atoms with Crippen molar-refractivity contribution in [3.8, 4) is 0 Å².